The summed E-state index contributed by atoms with van der Waals surface area (Å²) in [6.07, 6.45) is 3.62. The van der Waals surface area contributed by atoms with E-state index in [2.05, 4.69) is 0 Å². The fraction of sp³-hybridized carbons (Fsp3) is 0.429. The van der Waals surface area contributed by atoms with Gasteiger partial charge in [-0.05, 0) is 37.1 Å². The Hall–Kier alpha value is -1.47. The molecule has 0 aromatic heterocycles. The highest BCUT2D eigenvalue weighted by atomic mass is 32.2. The van der Waals surface area contributed by atoms with E-state index >= 15 is 0 Å². The molecule has 2 N–H and O–H groups in total. The first-order valence-electron chi connectivity index (χ1n) is 6.68. The second-order valence-corrected chi connectivity index (χ2v) is 7.78. The summed E-state index contributed by atoms with van der Waals surface area (Å²) in [4.78, 5) is 14.9. The number of amides is 1. The van der Waals surface area contributed by atoms with Gasteiger partial charge in [0.25, 0.3) is 5.91 Å². The summed E-state index contributed by atoms with van der Waals surface area (Å²) in [5.41, 5.74) is 5.98. The highest BCUT2D eigenvalue weighted by Crippen LogP contribution is 2.28. The predicted molar refractivity (Wildman–Crippen MR) is 85.0 cm³/mol. The van der Waals surface area contributed by atoms with Crippen molar-refractivity contribution < 1.29 is 13.2 Å². The molecule has 114 valence electrons. The number of thiocarbonyl (C=S) groups is 1. The lowest BCUT2D eigenvalue weighted by Crippen LogP contribution is -2.35. The maximum Gasteiger partial charge on any atom is 0.254 e. The lowest BCUT2D eigenvalue weighted by Gasteiger charge is -2.22. The van der Waals surface area contributed by atoms with Gasteiger partial charge >= 0.3 is 0 Å². The van der Waals surface area contributed by atoms with Gasteiger partial charge in [0.05, 0.1) is 9.88 Å². The summed E-state index contributed by atoms with van der Waals surface area (Å²) >= 11 is 4.86. The van der Waals surface area contributed by atoms with Crippen LogP contribution in [0.4, 0.5) is 0 Å². The molecule has 0 heterocycles. The van der Waals surface area contributed by atoms with Crippen LogP contribution in [0.2, 0.25) is 0 Å². The van der Waals surface area contributed by atoms with E-state index in [1.54, 1.807) is 17.0 Å². The molecule has 2 rings (SSSR count). The number of hydrogen-bond acceptors (Lipinski definition) is 4. The number of carbonyl (C=O) groups excluding carboxylic acids is 1. The smallest absolute Gasteiger partial charge is 0.254 e. The SMILES string of the molecule is CS(=O)(=O)c1ccc(C(=O)N(CCC(N)=S)C2CC2)cc1. The number of benzene rings is 1. The average Bonchev–Trinajstić information content (AvgIpc) is 3.22. The Balaban J connectivity index is 2.15. The zero-order chi connectivity index (χ0) is 15.6. The first-order chi connectivity index (χ1) is 9.79. The molecule has 0 bridgehead atoms. The summed E-state index contributed by atoms with van der Waals surface area (Å²) in [5, 5.41) is 0. The van der Waals surface area contributed by atoms with Gasteiger partial charge < -0.3 is 10.6 Å². The van der Waals surface area contributed by atoms with Crippen LogP contribution in [0.1, 0.15) is 29.6 Å². The largest absolute Gasteiger partial charge is 0.393 e. The number of nitrogens with zero attached hydrogens (tertiary/aromatic N) is 1. The quantitative estimate of drug-likeness (QED) is 0.799. The third-order valence-electron chi connectivity index (χ3n) is 3.38. The monoisotopic (exact) mass is 326 g/mol. The fourth-order valence-electron chi connectivity index (χ4n) is 2.08. The van der Waals surface area contributed by atoms with E-state index in [-0.39, 0.29) is 16.8 Å². The molecule has 0 unspecified atom stereocenters. The van der Waals surface area contributed by atoms with E-state index in [9.17, 15) is 13.2 Å². The van der Waals surface area contributed by atoms with Crippen molar-refractivity contribution in [2.75, 3.05) is 12.8 Å². The summed E-state index contributed by atoms with van der Waals surface area (Å²) in [7, 11) is -3.25. The minimum absolute atomic E-state index is 0.103. The van der Waals surface area contributed by atoms with E-state index < -0.39 is 9.84 Å². The number of carbonyl (C=O) groups is 1. The van der Waals surface area contributed by atoms with Gasteiger partial charge in [0.15, 0.2) is 9.84 Å². The van der Waals surface area contributed by atoms with Crippen molar-refractivity contribution in [1.82, 2.24) is 4.90 Å². The molecular weight excluding hydrogens is 308 g/mol. The maximum atomic E-state index is 12.5. The van der Waals surface area contributed by atoms with E-state index in [0.717, 1.165) is 19.1 Å². The Morgan fingerprint density at radius 3 is 2.33 bits per heavy atom. The minimum atomic E-state index is -3.25. The number of nitrogens with two attached hydrogens (primary N) is 1. The highest BCUT2D eigenvalue weighted by Gasteiger charge is 2.32. The van der Waals surface area contributed by atoms with Gasteiger partial charge in [-0.1, -0.05) is 12.2 Å². The van der Waals surface area contributed by atoms with Crippen LogP contribution in [0.15, 0.2) is 29.2 Å². The van der Waals surface area contributed by atoms with Crippen LogP contribution in [0, 0.1) is 0 Å². The molecule has 0 atom stereocenters. The summed E-state index contributed by atoms with van der Waals surface area (Å²) in [6.45, 7) is 0.507. The normalized spacial score (nSPS) is 14.7. The molecule has 5 nitrogen and oxygen atoms in total. The van der Waals surface area contributed by atoms with E-state index in [1.807, 2.05) is 0 Å². The van der Waals surface area contributed by atoms with Gasteiger partial charge in [-0.15, -0.1) is 0 Å². The standard InChI is InChI=1S/C14H18N2O3S2/c1-21(18,19)12-6-2-10(3-7-12)14(17)16(11-4-5-11)9-8-13(15)20/h2-3,6-7,11H,4-5,8-9H2,1H3,(H2,15,20). The first-order valence-corrected chi connectivity index (χ1v) is 8.98. The Kier molecular flexibility index (Phi) is 4.63. The Labute approximate surface area is 130 Å². The Bertz CT molecular complexity index is 649. The van der Waals surface area contributed by atoms with E-state index in [4.69, 9.17) is 18.0 Å². The van der Waals surface area contributed by atoms with Crippen molar-refractivity contribution in [1.29, 1.82) is 0 Å². The minimum Gasteiger partial charge on any atom is -0.393 e. The van der Waals surface area contributed by atoms with Crippen molar-refractivity contribution in [3.63, 3.8) is 0 Å². The molecule has 0 radical (unpaired) electrons. The molecule has 1 aliphatic rings. The topological polar surface area (TPSA) is 80.5 Å². The molecule has 1 amide bonds. The van der Waals surface area contributed by atoms with Gasteiger partial charge in [0.1, 0.15) is 0 Å². The lowest BCUT2D eigenvalue weighted by atomic mass is 10.2. The molecular formula is C14H18N2O3S2. The molecule has 1 fully saturated rings. The van der Waals surface area contributed by atoms with E-state index in [1.165, 1.54) is 12.1 Å². The second kappa shape index (κ2) is 6.11. The third-order valence-corrected chi connectivity index (χ3v) is 4.71. The van der Waals surface area contributed by atoms with Crippen LogP contribution < -0.4 is 5.73 Å². The second-order valence-electron chi connectivity index (χ2n) is 5.24. The van der Waals surface area contributed by atoms with E-state index in [0.29, 0.717) is 23.5 Å². The molecule has 0 aliphatic heterocycles. The zero-order valence-corrected chi connectivity index (χ0v) is 13.4. The van der Waals surface area contributed by atoms with Crippen LogP contribution in [-0.4, -0.2) is 43.1 Å². The number of sulfone groups is 1. The van der Waals surface area contributed by atoms with Crippen LogP contribution in [0.3, 0.4) is 0 Å². The van der Waals surface area contributed by atoms with Gasteiger partial charge in [-0.25, -0.2) is 8.42 Å². The Morgan fingerprint density at radius 2 is 1.90 bits per heavy atom. The summed E-state index contributed by atoms with van der Waals surface area (Å²) in [5.74, 6) is -0.103. The fourth-order valence-corrected chi connectivity index (χ4v) is 2.80. The van der Waals surface area contributed by atoms with Crippen molar-refractivity contribution in [2.45, 2.75) is 30.2 Å². The first kappa shape index (κ1) is 15.9. The van der Waals surface area contributed by atoms with Gasteiger partial charge in [0.2, 0.25) is 0 Å². The van der Waals surface area contributed by atoms with Crippen LogP contribution >= 0.6 is 12.2 Å². The van der Waals surface area contributed by atoms with Crippen molar-refractivity contribution >= 4 is 33.0 Å². The Morgan fingerprint density at radius 1 is 1.33 bits per heavy atom. The highest BCUT2D eigenvalue weighted by molar-refractivity contribution is 7.90. The van der Waals surface area contributed by atoms with Gasteiger partial charge in [0, 0.05) is 30.8 Å². The lowest BCUT2D eigenvalue weighted by molar-refractivity contribution is 0.0748. The number of rotatable bonds is 6. The molecule has 7 heteroatoms. The average molecular weight is 326 g/mol. The van der Waals surface area contributed by atoms with Crippen LogP contribution in [0.5, 0.6) is 0 Å². The molecule has 0 spiro atoms. The molecule has 1 aromatic rings. The number of hydrogen-bond donors (Lipinski definition) is 1. The summed E-state index contributed by atoms with van der Waals surface area (Å²) < 4.78 is 22.8. The summed E-state index contributed by atoms with van der Waals surface area (Å²) in [6, 6.07) is 6.27. The van der Waals surface area contributed by atoms with Crippen molar-refractivity contribution in [2.24, 2.45) is 5.73 Å². The zero-order valence-electron chi connectivity index (χ0n) is 11.8. The van der Waals surface area contributed by atoms with Crippen LogP contribution in [-0.2, 0) is 9.84 Å². The molecule has 1 aliphatic carbocycles. The van der Waals surface area contributed by atoms with Crippen molar-refractivity contribution in [3.05, 3.63) is 29.8 Å². The van der Waals surface area contributed by atoms with Gasteiger partial charge in [-0.2, -0.15) is 0 Å². The molecule has 1 saturated carbocycles. The molecule has 1 aromatic carbocycles. The molecule has 0 saturated heterocycles. The predicted octanol–water partition coefficient (Wildman–Crippen LogP) is 1.37. The maximum absolute atomic E-state index is 12.5. The van der Waals surface area contributed by atoms with Crippen molar-refractivity contribution in [3.8, 4) is 0 Å². The third kappa shape index (κ3) is 4.25. The molecule has 21 heavy (non-hydrogen) atoms. The van der Waals surface area contributed by atoms with Crippen LogP contribution in [0.25, 0.3) is 0 Å². The van der Waals surface area contributed by atoms with Gasteiger partial charge in [-0.3, -0.25) is 4.79 Å².